The van der Waals surface area contributed by atoms with Gasteiger partial charge in [-0.25, -0.2) is 4.99 Å². The minimum absolute atomic E-state index is 0.0220. The lowest BCUT2D eigenvalue weighted by molar-refractivity contribution is -0.188. The van der Waals surface area contributed by atoms with Gasteiger partial charge in [-0.2, -0.15) is 8.78 Å². The molecule has 0 amide bonds. The molecular weight excluding hydrogens is 344 g/mol. The zero-order valence-corrected chi connectivity index (χ0v) is 16.3. The molecule has 2 aliphatic rings. The number of halogens is 2. The summed E-state index contributed by atoms with van der Waals surface area (Å²) in [5.41, 5.74) is 4.33. The van der Waals surface area contributed by atoms with Crippen LogP contribution in [-0.2, 0) is 14.2 Å². The summed E-state index contributed by atoms with van der Waals surface area (Å²) in [7, 11) is 0. The third-order valence-corrected chi connectivity index (χ3v) is 3.73. The van der Waals surface area contributed by atoms with Crippen molar-refractivity contribution < 1.29 is 23.0 Å². The number of alkyl halides is 2. The number of hydrogen-bond donors (Lipinski definition) is 1. The van der Waals surface area contributed by atoms with E-state index >= 15 is 8.78 Å². The molecule has 0 unspecified atom stereocenters. The maximum atomic E-state index is 15.2. The standard InChI is InChI=1S/C18H29F2N3O3/c1-11-22-13(21)8-9-23(11)15-18(19,20)14(26-17(5,6)7)12(25-15)10-24-16(2,3)4/h8-9,12,14-15H,1,10H2,2-7H3,(H2,21,22)/t12-,14+,15-/m1/s1. The molecule has 2 rings (SSSR count). The predicted molar refractivity (Wildman–Crippen MR) is 95.7 cm³/mol. The van der Waals surface area contributed by atoms with Gasteiger partial charge in [-0.15, -0.1) is 0 Å². The fourth-order valence-electron chi connectivity index (χ4n) is 2.66. The van der Waals surface area contributed by atoms with Crippen molar-refractivity contribution >= 4 is 5.84 Å². The first kappa shape index (κ1) is 20.8. The molecule has 2 heterocycles. The van der Waals surface area contributed by atoms with Crippen molar-refractivity contribution in [3.63, 3.8) is 0 Å². The molecular formula is C18H29F2N3O3. The molecule has 26 heavy (non-hydrogen) atoms. The van der Waals surface area contributed by atoms with Crippen LogP contribution in [0.2, 0.25) is 0 Å². The first-order chi connectivity index (χ1) is 11.7. The van der Waals surface area contributed by atoms with E-state index in [1.807, 2.05) is 20.8 Å². The third kappa shape index (κ3) is 4.81. The SMILES string of the molecule is C=C1N=C(N)C=CN1[C@@H]1O[C@H](COC(C)(C)C)[C@H](OC(C)(C)C)C1(F)F. The Bertz CT molecular complexity index is 606. The maximum Gasteiger partial charge on any atom is 0.320 e. The second-order valence-corrected chi connectivity index (χ2v) is 8.45. The molecule has 2 aliphatic heterocycles. The average molecular weight is 373 g/mol. The normalized spacial score (nSPS) is 29.2. The van der Waals surface area contributed by atoms with Crippen molar-refractivity contribution in [1.29, 1.82) is 0 Å². The molecule has 3 atom stereocenters. The molecule has 1 fully saturated rings. The summed E-state index contributed by atoms with van der Waals surface area (Å²) in [6.07, 6.45) is -1.21. The summed E-state index contributed by atoms with van der Waals surface area (Å²) >= 11 is 0. The molecule has 0 saturated carbocycles. The van der Waals surface area contributed by atoms with Crippen molar-refractivity contribution in [2.75, 3.05) is 6.61 Å². The van der Waals surface area contributed by atoms with Gasteiger partial charge < -0.3 is 24.8 Å². The molecule has 148 valence electrons. The fourth-order valence-corrected chi connectivity index (χ4v) is 2.66. The molecule has 0 aromatic carbocycles. The molecule has 0 aromatic rings. The highest BCUT2D eigenvalue weighted by atomic mass is 19.3. The van der Waals surface area contributed by atoms with Gasteiger partial charge in [-0.1, -0.05) is 6.58 Å². The van der Waals surface area contributed by atoms with Crippen LogP contribution < -0.4 is 5.73 Å². The van der Waals surface area contributed by atoms with E-state index in [1.165, 1.54) is 17.2 Å². The molecule has 0 bridgehead atoms. The Hall–Kier alpha value is -1.51. The Kier molecular flexibility index (Phi) is 5.52. The highest BCUT2D eigenvalue weighted by Crippen LogP contribution is 2.43. The molecule has 0 aliphatic carbocycles. The second kappa shape index (κ2) is 6.90. The van der Waals surface area contributed by atoms with E-state index in [0.717, 1.165) is 0 Å². The van der Waals surface area contributed by atoms with E-state index in [-0.39, 0.29) is 18.3 Å². The van der Waals surface area contributed by atoms with Gasteiger partial charge in [0.15, 0.2) is 6.10 Å². The van der Waals surface area contributed by atoms with E-state index in [2.05, 4.69) is 11.6 Å². The van der Waals surface area contributed by atoms with Gasteiger partial charge in [0.25, 0.3) is 0 Å². The summed E-state index contributed by atoms with van der Waals surface area (Å²) in [4.78, 5) is 5.11. The zero-order valence-electron chi connectivity index (χ0n) is 16.3. The van der Waals surface area contributed by atoms with Crippen LogP contribution in [0.1, 0.15) is 41.5 Å². The molecule has 6 nitrogen and oxygen atoms in total. The lowest BCUT2D eigenvalue weighted by Crippen LogP contribution is -2.50. The number of amidine groups is 1. The molecule has 2 N–H and O–H groups in total. The summed E-state index contributed by atoms with van der Waals surface area (Å²) in [6, 6.07) is 0. The van der Waals surface area contributed by atoms with Crippen molar-refractivity contribution in [2.24, 2.45) is 10.7 Å². The number of ether oxygens (including phenoxy) is 3. The number of nitrogens with two attached hydrogens (primary N) is 1. The van der Waals surface area contributed by atoms with Crippen molar-refractivity contribution in [2.45, 2.75) is 77.1 Å². The Morgan fingerprint density at radius 1 is 1.27 bits per heavy atom. The quantitative estimate of drug-likeness (QED) is 0.820. The van der Waals surface area contributed by atoms with Crippen LogP contribution >= 0.6 is 0 Å². The molecule has 1 saturated heterocycles. The topological polar surface area (TPSA) is 69.3 Å². The molecule has 0 spiro atoms. The van der Waals surface area contributed by atoms with Gasteiger partial charge in [0.2, 0.25) is 6.23 Å². The Labute approximate surface area is 153 Å². The summed E-state index contributed by atoms with van der Waals surface area (Å²) < 4.78 is 47.5. The molecule has 0 radical (unpaired) electrons. The average Bonchev–Trinajstić information content (AvgIpc) is 2.67. The molecule has 8 heteroatoms. The Morgan fingerprint density at radius 3 is 2.38 bits per heavy atom. The maximum absolute atomic E-state index is 15.2. The summed E-state index contributed by atoms with van der Waals surface area (Å²) in [5, 5.41) is 0. The van der Waals surface area contributed by atoms with Crippen molar-refractivity contribution in [1.82, 2.24) is 4.90 Å². The lowest BCUT2D eigenvalue weighted by atomic mass is 10.1. The van der Waals surface area contributed by atoms with Gasteiger partial charge in [0, 0.05) is 6.20 Å². The monoisotopic (exact) mass is 373 g/mol. The summed E-state index contributed by atoms with van der Waals surface area (Å²) in [5.74, 6) is -3.03. The minimum Gasteiger partial charge on any atom is -0.384 e. The van der Waals surface area contributed by atoms with E-state index in [1.54, 1.807) is 20.8 Å². The van der Waals surface area contributed by atoms with Gasteiger partial charge in [-0.05, 0) is 47.6 Å². The van der Waals surface area contributed by atoms with Crippen LogP contribution in [0.15, 0.2) is 29.7 Å². The van der Waals surface area contributed by atoms with Crippen LogP contribution in [0.4, 0.5) is 8.78 Å². The Balaban J connectivity index is 2.28. The summed E-state index contributed by atoms with van der Waals surface area (Å²) in [6.45, 7) is 14.4. The van der Waals surface area contributed by atoms with Crippen LogP contribution in [0, 0.1) is 0 Å². The van der Waals surface area contributed by atoms with Crippen LogP contribution in [-0.4, -0.2) is 52.9 Å². The predicted octanol–water partition coefficient (Wildman–Crippen LogP) is 3.00. The van der Waals surface area contributed by atoms with Crippen molar-refractivity contribution in [3.8, 4) is 0 Å². The zero-order chi connectivity index (χ0) is 19.9. The third-order valence-electron chi connectivity index (χ3n) is 3.73. The number of rotatable bonds is 4. The van der Waals surface area contributed by atoms with Gasteiger partial charge >= 0.3 is 5.92 Å². The van der Waals surface area contributed by atoms with E-state index in [4.69, 9.17) is 19.9 Å². The van der Waals surface area contributed by atoms with Crippen molar-refractivity contribution in [3.05, 3.63) is 24.7 Å². The van der Waals surface area contributed by atoms with Crippen LogP contribution in [0.25, 0.3) is 0 Å². The largest absolute Gasteiger partial charge is 0.384 e. The number of hydrogen-bond acceptors (Lipinski definition) is 6. The highest BCUT2D eigenvalue weighted by Gasteiger charge is 2.63. The van der Waals surface area contributed by atoms with Crippen LogP contribution in [0.3, 0.4) is 0 Å². The number of aliphatic imine (C=N–C) groups is 1. The van der Waals surface area contributed by atoms with Gasteiger partial charge in [0.1, 0.15) is 17.8 Å². The van der Waals surface area contributed by atoms with E-state index in [9.17, 15) is 0 Å². The first-order valence-electron chi connectivity index (χ1n) is 8.55. The van der Waals surface area contributed by atoms with Crippen LogP contribution in [0.5, 0.6) is 0 Å². The van der Waals surface area contributed by atoms with Gasteiger partial charge in [0.05, 0.1) is 17.8 Å². The number of nitrogens with zero attached hydrogens (tertiary/aromatic N) is 2. The Morgan fingerprint density at radius 2 is 1.88 bits per heavy atom. The smallest absolute Gasteiger partial charge is 0.320 e. The first-order valence-corrected chi connectivity index (χ1v) is 8.55. The lowest BCUT2D eigenvalue weighted by Gasteiger charge is -2.34. The highest BCUT2D eigenvalue weighted by molar-refractivity contribution is 5.92. The van der Waals surface area contributed by atoms with E-state index < -0.39 is 35.6 Å². The van der Waals surface area contributed by atoms with Gasteiger partial charge in [-0.3, -0.25) is 0 Å². The molecule has 0 aromatic heterocycles. The second-order valence-electron chi connectivity index (χ2n) is 8.45. The minimum atomic E-state index is -3.31. The fraction of sp³-hybridized carbons (Fsp3) is 0.722. The van der Waals surface area contributed by atoms with E-state index in [0.29, 0.717) is 0 Å².